The summed E-state index contributed by atoms with van der Waals surface area (Å²) in [7, 11) is 0. The number of rotatable bonds is 1. The highest BCUT2D eigenvalue weighted by molar-refractivity contribution is 5.69. The van der Waals surface area contributed by atoms with E-state index in [1.807, 2.05) is 0 Å². The van der Waals surface area contributed by atoms with Crippen LogP contribution in [0.2, 0.25) is 0 Å². The molecule has 0 saturated carbocycles. The molecule has 1 amide bonds. The standard InChI is InChI=1S/C16H19F2N3O2/c1-16(2,3)23-15(22)21-7-5-20(6-8-21)14-10-11(17)13(19-4)9-12(14)18/h9-10H,5-8H2,1-3H3. The second-order valence-corrected chi connectivity index (χ2v) is 6.32. The lowest BCUT2D eigenvalue weighted by Gasteiger charge is -2.36. The first-order valence-corrected chi connectivity index (χ1v) is 7.30. The molecule has 2 rings (SSSR count). The van der Waals surface area contributed by atoms with E-state index in [4.69, 9.17) is 11.3 Å². The second kappa shape index (κ2) is 6.41. The Bertz CT molecular complexity index is 642. The number of nitrogens with zero attached hydrogens (tertiary/aromatic N) is 3. The van der Waals surface area contributed by atoms with Crippen molar-refractivity contribution in [2.24, 2.45) is 0 Å². The Morgan fingerprint density at radius 3 is 2.30 bits per heavy atom. The van der Waals surface area contributed by atoms with Gasteiger partial charge in [0.05, 0.1) is 12.3 Å². The van der Waals surface area contributed by atoms with Gasteiger partial charge in [-0.05, 0) is 32.9 Å². The van der Waals surface area contributed by atoms with Crippen molar-refractivity contribution in [3.05, 3.63) is 35.2 Å². The van der Waals surface area contributed by atoms with Gasteiger partial charge in [0.2, 0.25) is 5.69 Å². The fourth-order valence-electron chi connectivity index (χ4n) is 2.31. The Labute approximate surface area is 134 Å². The Morgan fingerprint density at radius 1 is 1.17 bits per heavy atom. The molecule has 0 aliphatic carbocycles. The predicted octanol–water partition coefficient (Wildman–Crippen LogP) is 3.57. The molecule has 1 saturated heterocycles. The van der Waals surface area contributed by atoms with Gasteiger partial charge < -0.3 is 14.5 Å². The van der Waals surface area contributed by atoms with Crippen LogP contribution in [0.1, 0.15) is 20.8 Å². The van der Waals surface area contributed by atoms with E-state index in [-0.39, 0.29) is 11.4 Å². The lowest BCUT2D eigenvalue weighted by Crippen LogP contribution is -2.50. The molecule has 0 atom stereocenters. The molecule has 0 N–H and O–H groups in total. The van der Waals surface area contributed by atoms with Gasteiger partial charge in [0.15, 0.2) is 0 Å². The minimum atomic E-state index is -0.744. The molecular formula is C16H19F2N3O2. The summed E-state index contributed by atoms with van der Waals surface area (Å²) in [6, 6.07) is 1.93. The SMILES string of the molecule is [C-]#[N+]c1cc(F)c(N2CCN(C(=O)OC(C)(C)C)CC2)cc1F. The highest BCUT2D eigenvalue weighted by Crippen LogP contribution is 2.28. The third kappa shape index (κ3) is 4.09. The number of halogens is 2. The third-order valence-electron chi connectivity index (χ3n) is 3.41. The number of benzene rings is 1. The van der Waals surface area contributed by atoms with Crippen LogP contribution < -0.4 is 4.90 Å². The zero-order valence-electron chi connectivity index (χ0n) is 13.4. The molecule has 1 fully saturated rings. The molecule has 7 heteroatoms. The number of amides is 1. The van der Waals surface area contributed by atoms with Gasteiger partial charge in [0, 0.05) is 26.2 Å². The monoisotopic (exact) mass is 323 g/mol. The van der Waals surface area contributed by atoms with E-state index in [1.54, 1.807) is 30.6 Å². The third-order valence-corrected chi connectivity index (χ3v) is 3.41. The summed E-state index contributed by atoms with van der Waals surface area (Å²) in [5.41, 5.74) is -0.795. The van der Waals surface area contributed by atoms with Crippen molar-refractivity contribution in [3.8, 4) is 0 Å². The van der Waals surface area contributed by atoms with Gasteiger partial charge in [-0.1, -0.05) is 0 Å². The van der Waals surface area contributed by atoms with Crippen molar-refractivity contribution in [3.63, 3.8) is 0 Å². The lowest BCUT2D eigenvalue weighted by molar-refractivity contribution is 0.0240. The zero-order valence-corrected chi connectivity index (χ0v) is 13.4. The smallest absolute Gasteiger partial charge is 0.410 e. The van der Waals surface area contributed by atoms with E-state index in [9.17, 15) is 13.6 Å². The summed E-state index contributed by atoms with van der Waals surface area (Å²) in [4.78, 5) is 18.1. The van der Waals surface area contributed by atoms with E-state index in [0.29, 0.717) is 26.2 Å². The molecular weight excluding hydrogens is 304 g/mol. The first-order chi connectivity index (χ1) is 10.7. The topological polar surface area (TPSA) is 37.1 Å². The maximum atomic E-state index is 14.0. The molecule has 5 nitrogen and oxygen atoms in total. The highest BCUT2D eigenvalue weighted by Gasteiger charge is 2.27. The fraction of sp³-hybridized carbons (Fsp3) is 0.500. The van der Waals surface area contributed by atoms with Crippen molar-refractivity contribution in [1.82, 2.24) is 4.90 Å². The zero-order chi connectivity index (χ0) is 17.2. The number of piperazine rings is 1. The quantitative estimate of drug-likeness (QED) is 0.742. The lowest BCUT2D eigenvalue weighted by atomic mass is 10.2. The normalized spacial score (nSPS) is 15.3. The van der Waals surface area contributed by atoms with Gasteiger partial charge in [-0.25, -0.2) is 18.4 Å². The second-order valence-electron chi connectivity index (χ2n) is 6.32. The largest absolute Gasteiger partial charge is 0.444 e. The van der Waals surface area contributed by atoms with Crippen molar-refractivity contribution >= 4 is 17.5 Å². The van der Waals surface area contributed by atoms with Crippen molar-refractivity contribution in [2.45, 2.75) is 26.4 Å². The predicted molar refractivity (Wildman–Crippen MR) is 82.6 cm³/mol. The maximum Gasteiger partial charge on any atom is 0.410 e. The summed E-state index contributed by atoms with van der Waals surface area (Å²) in [5, 5.41) is 0. The van der Waals surface area contributed by atoms with Crippen LogP contribution in [-0.2, 0) is 4.74 Å². The summed E-state index contributed by atoms with van der Waals surface area (Å²) >= 11 is 0. The van der Waals surface area contributed by atoms with Gasteiger partial charge in [-0.15, -0.1) is 0 Å². The van der Waals surface area contributed by atoms with Gasteiger partial charge >= 0.3 is 6.09 Å². The number of carbonyl (C=O) groups excluding carboxylic acids is 1. The van der Waals surface area contributed by atoms with Crippen molar-refractivity contribution < 1.29 is 18.3 Å². The maximum absolute atomic E-state index is 14.0. The van der Waals surface area contributed by atoms with E-state index in [2.05, 4.69) is 4.85 Å². The molecule has 124 valence electrons. The van der Waals surface area contributed by atoms with Gasteiger partial charge in [-0.2, -0.15) is 0 Å². The molecule has 23 heavy (non-hydrogen) atoms. The number of carbonyl (C=O) groups is 1. The van der Waals surface area contributed by atoms with E-state index in [0.717, 1.165) is 12.1 Å². The van der Waals surface area contributed by atoms with Crippen LogP contribution in [0.15, 0.2) is 12.1 Å². The molecule has 1 aliphatic rings. The first kappa shape index (κ1) is 17.0. The van der Waals surface area contributed by atoms with Crippen LogP contribution in [0.5, 0.6) is 0 Å². The molecule has 0 spiro atoms. The Balaban J connectivity index is 2.04. The molecule has 0 radical (unpaired) electrons. The Hall–Kier alpha value is -2.36. The van der Waals surface area contributed by atoms with Crippen LogP contribution in [0.3, 0.4) is 0 Å². The molecule has 1 heterocycles. The summed E-state index contributed by atoms with van der Waals surface area (Å²) in [5.74, 6) is -1.38. The summed E-state index contributed by atoms with van der Waals surface area (Å²) < 4.78 is 33.0. The van der Waals surface area contributed by atoms with Crippen LogP contribution in [0.4, 0.5) is 25.0 Å². The van der Waals surface area contributed by atoms with Crippen LogP contribution >= 0.6 is 0 Å². The number of anilines is 1. The van der Waals surface area contributed by atoms with Gasteiger partial charge in [0.1, 0.15) is 17.2 Å². The molecule has 0 unspecified atom stereocenters. The molecule has 1 aromatic rings. The van der Waals surface area contributed by atoms with Crippen LogP contribution in [0, 0.1) is 18.2 Å². The minimum Gasteiger partial charge on any atom is -0.444 e. The van der Waals surface area contributed by atoms with Gasteiger partial charge in [0.25, 0.3) is 0 Å². The Kier molecular flexibility index (Phi) is 4.73. The fourth-order valence-corrected chi connectivity index (χ4v) is 2.31. The van der Waals surface area contributed by atoms with Crippen LogP contribution in [-0.4, -0.2) is 42.8 Å². The van der Waals surface area contributed by atoms with E-state index < -0.39 is 23.3 Å². The molecule has 0 bridgehead atoms. The minimum absolute atomic E-state index is 0.110. The van der Waals surface area contributed by atoms with Crippen molar-refractivity contribution in [1.29, 1.82) is 0 Å². The number of ether oxygens (including phenoxy) is 1. The van der Waals surface area contributed by atoms with Crippen molar-refractivity contribution in [2.75, 3.05) is 31.1 Å². The number of hydrogen-bond acceptors (Lipinski definition) is 3. The van der Waals surface area contributed by atoms with E-state index >= 15 is 0 Å². The summed E-state index contributed by atoms with van der Waals surface area (Å²) in [6.45, 7) is 13.6. The Morgan fingerprint density at radius 2 is 1.78 bits per heavy atom. The average Bonchev–Trinajstić information content (AvgIpc) is 2.47. The molecule has 0 aromatic heterocycles. The average molecular weight is 323 g/mol. The van der Waals surface area contributed by atoms with Crippen LogP contribution in [0.25, 0.3) is 4.85 Å². The number of hydrogen-bond donors (Lipinski definition) is 0. The van der Waals surface area contributed by atoms with Gasteiger partial charge in [-0.3, -0.25) is 0 Å². The highest BCUT2D eigenvalue weighted by atomic mass is 19.1. The molecule has 1 aliphatic heterocycles. The first-order valence-electron chi connectivity index (χ1n) is 7.30. The molecule has 1 aromatic carbocycles. The summed E-state index contributed by atoms with van der Waals surface area (Å²) in [6.07, 6.45) is -0.410. The van der Waals surface area contributed by atoms with E-state index in [1.165, 1.54) is 0 Å².